The lowest BCUT2D eigenvalue weighted by molar-refractivity contribution is -0.132. The van der Waals surface area contributed by atoms with Gasteiger partial charge in [-0.3, -0.25) is 14.9 Å². The summed E-state index contributed by atoms with van der Waals surface area (Å²) < 4.78 is 0. The third kappa shape index (κ3) is 6.01. The third-order valence-electron chi connectivity index (χ3n) is 7.42. The van der Waals surface area contributed by atoms with Crippen LogP contribution in [0, 0.1) is 0 Å². The van der Waals surface area contributed by atoms with E-state index in [9.17, 15) is 9.59 Å². The molecule has 0 bridgehead atoms. The molecule has 8 heteroatoms. The molecule has 1 saturated carbocycles. The quantitative estimate of drug-likeness (QED) is 0.314. The van der Waals surface area contributed by atoms with E-state index in [1.165, 1.54) is 19.3 Å². The first-order chi connectivity index (χ1) is 18.1. The van der Waals surface area contributed by atoms with Gasteiger partial charge in [0, 0.05) is 37.2 Å². The van der Waals surface area contributed by atoms with E-state index in [1.54, 1.807) is 0 Å². The molecule has 1 aliphatic carbocycles. The Morgan fingerprint density at radius 3 is 2.70 bits per heavy atom. The molecule has 2 heterocycles. The number of fused-ring (bicyclic) bond motifs is 2. The summed E-state index contributed by atoms with van der Waals surface area (Å²) in [4.78, 5) is 38.6. The van der Waals surface area contributed by atoms with Crippen LogP contribution in [0.15, 0.2) is 58.7 Å². The van der Waals surface area contributed by atoms with Crippen molar-refractivity contribution in [1.82, 2.24) is 15.1 Å². The minimum Gasteiger partial charge on any atom is -0.395 e. The molecule has 194 valence electrons. The Bertz CT molecular complexity index is 1190. The van der Waals surface area contributed by atoms with Gasteiger partial charge in [-0.05, 0) is 43.4 Å². The molecule has 3 aliphatic rings. The topological polar surface area (TPSA) is 86.6 Å². The van der Waals surface area contributed by atoms with Crippen LogP contribution in [0.2, 0.25) is 0 Å². The van der Waals surface area contributed by atoms with Gasteiger partial charge in [0.15, 0.2) is 0 Å². The molecular formula is C29H35N5O3. The van der Waals surface area contributed by atoms with E-state index < -0.39 is 0 Å². The first-order valence-electron chi connectivity index (χ1n) is 13.4. The lowest BCUT2D eigenvalue weighted by Crippen LogP contribution is -2.38. The summed E-state index contributed by atoms with van der Waals surface area (Å²) in [5, 5.41) is 7.33. The second kappa shape index (κ2) is 11.6. The van der Waals surface area contributed by atoms with Gasteiger partial charge < -0.3 is 14.6 Å². The summed E-state index contributed by atoms with van der Waals surface area (Å²) in [6.45, 7) is 1.40. The number of nitrogens with zero attached hydrogens (tertiary/aromatic N) is 4. The molecule has 0 spiro atoms. The van der Waals surface area contributed by atoms with E-state index in [0.717, 1.165) is 53.8 Å². The second-order valence-electron chi connectivity index (χ2n) is 10.1. The van der Waals surface area contributed by atoms with E-state index in [2.05, 4.69) is 21.5 Å². The van der Waals surface area contributed by atoms with E-state index in [0.29, 0.717) is 38.1 Å². The maximum absolute atomic E-state index is 12.6. The lowest BCUT2D eigenvalue weighted by atomic mass is 9.94. The Balaban J connectivity index is 1.20. The maximum Gasteiger partial charge on any atom is 0.246 e. The lowest BCUT2D eigenvalue weighted by Gasteiger charge is -2.31. The fraction of sp³-hybridized carbons (Fsp3) is 0.448. The number of rotatable bonds is 9. The highest BCUT2D eigenvalue weighted by molar-refractivity contribution is 6.13. The summed E-state index contributed by atoms with van der Waals surface area (Å²) in [6.07, 6.45) is 8.11. The zero-order valence-corrected chi connectivity index (χ0v) is 21.5. The van der Waals surface area contributed by atoms with Crippen LogP contribution in [0.3, 0.4) is 0 Å². The van der Waals surface area contributed by atoms with Crippen LogP contribution in [-0.4, -0.2) is 59.5 Å². The number of oxime groups is 1. The molecule has 0 aromatic heterocycles. The molecule has 5 rings (SSSR count). The second-order valence-corrected chi connectivity index (χ2v) is 10.1. The number of benzene rings is 2. The molecular weight excluding hydrogens is 466 g/mol. The normalized spacial score (nSPS) is 17.5. The first-order valence-corrected chi connectivity index (χ1v) is 13.4. The van der Waals surface area contributed by atoms with Crippen molar-refractivity contribution in [3.63, 3.8) is 0 Å². The largest absolute Gasteiger partial charge is 0.395 e. The van der Waals surface area contributed by atoms with Gasteiger partial charge in [0.1, 0.15) is 18.9 Å². The highest BCUT2D eigenvalue weighted by atomic mass is 16.6. The average Bonchev–Trinajstić information content (AvgIpc) is 3.30. The summed E-state index contributed by atoms with van der Waals surface area (Å²) in [7, 11) is 1.95. The Hall–Kier alpha value is -3.68. The smallest absolute Gasteiger partial charge is 0.246 e. The number of guanidine groups is 1. The predicted octanol–water partition coefficient (Wildman–Crippen LogP) is 4.35. The minimum atomic E-state index is -0.0333. The summed E-state index contributed by atoms with van der Waals surface area (Å²) in [6, 6.07) is 16.4. The van der Waals surface area contributed by atoms with Crippen LogP contribution in [-0.2, 0) is 21.0 Å². The summed E-state index contributed by atoms with van der Waals surface area (Å²) >= 11 is 0. The third-order valence-corrected chi connectivity index (χ3v) is 7.42. The zero-order valence-electron chi connectivity index (χ0n) is 21.5. The number of hydrogen-bond acceptors (Lipinski definition) is 6. The van der Waals surface area contributed by atoms with Gasteiger partial charge >= 0.3 is 0 Å². The molecule has 0 unspecified atom stereocenters. The van der Waals surface area contributed by atoms with Crippen molar-refractivity contribution in [3.05, 3.63) is 65.2 Å². The zero-order chi connectivity index (χ0) is 25.6. The Morgan fingerprint density at radius 2 is 1.89 bits per heavy atom. The van der Waals surface area contributed by atoms with Crippen molar-refractivity contribution in [2.24, 2.45) is 10.1 Å². The van der Waals surface area contributed by atoms with Crippen molar-refractivity contribution in [2.75, 3.05) is 20.2 Å². The van der Waals surface area contributed by atoms with Crippen LogP contribution in [0.4, 0.5) is 5.69 Å². The Kier molecular flexibility index (Phi) is 7.82. The molecule has 8 nitrogen and oxygen atoms in total. The molecule has 0 radical (unpaired) electrons. The molecule has 2 aromatic carbocycles. The van der Waals surface area contributed by atoms with E-state index in [1.807, 2.05) is 59.3 Å². The molecule has 2 aliphatic heterocycles. The van der Waals surface area contributed by atoms with Crippen LogP contribution in [0.25, 0.3) is 0 Å². The van der Waals surface area contributed by atoms with Crippen molar-refractivity contribution in [1.29, 1.82) is 0 Å². The number of carbonyl (C=O) groups excluding carboxylic acids is 2. The summed E-state index contributed by atoms with van der Waals surface area (Å²) in [5.74, 6) is 0.818. The molecule has 2 aromatic rings. The predicted molar refractivity (Wildman–Crippen MR) is 144 cm³/mol. The highest BCUT2D eigenvalue weighted by Crippen LogP contribution is 2.29. The maximum atomic E-state index is 12.6. The van der Waals surface area contributed by atoms with E-state index >= 15 is 0 Å². The molecule has 37 heavy (non-hydrogen) atoms. The number of carbonyl (C=O) groups is 2. The molecule has 1 saturated heterocycles. The molecule has 1 N–H and O–H groups in total. The Labute approximate surface area is 218 Å². The van der Waals surface area contributed by atoms with Gasteiger partial charge in [-0.2, -0.15) is 0 Å². The number of hydrogen-bond donors (Lipinski definition) is 1. The summed E-state index contributed by atoms with van der Waals surface area (Å²) in [5.41, 5.74) is 4.55. The fourth-order valence-electron chi connectivity index (χ4n) is 5.28. The highest BCUT2D eigenvalue weighted by Gasteiger charge is 2.29. The number of aliphatic imine (C=N–C) groups is 1. The molecule has 2 fully saturated rings. The van der Waals surface area contributed by atoms with Crippen molar-refractivity contribution in [3.8, 4) is 0 Å². The van der Waals surface area contributed by atoms with Crippen molar-refractivity contribution < 1.29 is 14.4 Å². The van der Waals surface area contributed by atoms with Crippen LogP contribution in [0.1, 0.15) is 68.1 Å². The average molecular weight is 502 g/mol. The van der Waals surface area contributed by atoms with E-state index in [-0.39, 0.29) is 11.8 Å². The van der Waals surface area contributed by atoms with Crippen molar-refractivity contribution in [2.45, 2.75) is 64.0 Å². The van der Waals surface area contributed by atoms with Crippen LogP contribution < -0.4 is 5.32 Å². The minimum absolute atomic E-state index is 0.0333. The van der Waals surface area contributed by atoms with Gasteiger partial charge in [-0.25, -0.2) is 4.99 Å². The van der Waals surface area contributed by atoms with Crippen LogP contribution >= 0.6 is 0 Å². The number of unbranched alkanes of at least 4 members (excludes halogenated alkanes) is 1. The van der Waals surface area contributed by atoms with Gasteiger partial charge in [0.05, 0.1) is 5.69 Å². The van der Waals surface area contributed by atoms with Gasteiger partial charge in [0.2, 0.25) is 17.8 Å². The van der Waals surface area contributed by atoms with Gasteiger partial charge in [0.25, 0.3) is 0 Å². The first kappa shape index (κ1) is 25.0. The SMILES string of the molecule is CN(C(=O)CCCCO/N=C(/c1ccccc1)c1ccc2c(c1)CN1CC(=O)NC1=N2)C1CCCCC1. The van der Waals surface area contributed by atoms with Gasteiger partial charge in [-0.1, -0.05) is 60.8 Å². The standard InChI is InChI=1S/C29H35N5O3/c1-33(24-12-6-3-7-13-24)27(36)14-8-9-17-37-32-28(21-10-4-2-5-11-21)22-15-16-25-23(18-22)19-34-20-26(35)31-29(34)30-25/h2,4-5,10-11,15-16,18,24H,3,6-9,12-14,17,19-20H2,1H3,(H,30,31,35)/b32-28-. The number of nitrogens with one attached hydrogen (secondary N) is 1. The van der Waals surface area contributed by atoms with Gasteiger partial charge in [-0.15, -0.1) is 0 Å². The van der Waals surface area contributed by atoms with E-state index in [4.69, 9.17) is 4.84 Å². The molecule has 0 atom stereocenters. The monoisotopic (exact) mass is 501 g/mol. The fourth-order valence-corrected chi connectivity index (χ4v) is 5.28. The van der Waals surface area contributed by atoms with Crippen LogP contribution in [0.5, 0.6) is 0 Å². The van der Waals surface area contributed by atoms with Crippen molar-refractivity contribution >= 4 is 29.2 Å². The molecule has 2 amide bonds. The number of amides is 2. The Morgan fingerprint density at radius 1 is 1.08 bits per heavy atom.